The molecule has 9 heteroatoms. The molecule has 2 N–H and O–H groups in total. The molecular formula is C24H31N5O4. The largest absolute Gasteiger partial charge is 0.500 e. The van der Waals surface area contributed by atoms with Crippen molar-refractivity contribution in [2.75, 3.05) is 38.3 Å². The van der Waals surface area contributed by atoms with Crippen LogP contribution in [0.5, 0.6) is 0 Å². The van der Waals surface area contributed by atoms with Gasteiger partial charge in [-0.1, -0.05) is 0 Å². The molecule has 1 saturated heterocycles. The SMILES string of the molecule is CCN(c1c(C)c(C(=O)NCC2C(=O)N=C(C)C=C2OC)cc2[nH]ncc12)C1CCOCC1. The number of ether oxygens (including phenoxy) is 2. The van der Waals surface area contributed by atoms with E-state index in [0.29, 0.717) is 23.1 Å². The third-order valence-electron chi connectivity index (χ3n) is 6.46. The number of hydrogen-bond acceptors (Lipinski definition) is 6. The average molecular weight is 454 g/mol. The van der Waals surface area contributed by atoms with E-state index in [1.54, 1.807) is 13.0 Å². The first kappa shape index (κ1) is 23.0. The number of rotatable bonds is 7. The summed E-state index contributed by atoms with van der Waals surface area (Å²) in [6, 6.07) is 2.17. The zero-order valence-electron chi connectivity index (χ0n) is 19.6. The maximum absolute atomic E-state index is 13.3. The van der Waals surface area contributed by atoms with E-state index in [9.17, 15) is 9.59 Å². The lowest BCUT2D eigenvalue weighted by Crippen LogP contribution is -2.40. The quantitative estimate of drug-likeness (QED) is 0.667. The number of anilines is 1. The van der Waals surface area contributed by atoms with Gasteiger partial charge in [-0.05, 0) is 51.3 Å². The van der Waals surface area contributed by atoms with Gasteiger partial charge in [0.2, 0.25) is 0 Å². The number of nitrogens with zero attached hydrogens (tertiary/aromatic N) is 3. The van der Waals surface area contributed by atoms with Crippen LogP contribution in [-0.2, 0) is 14.3 Å². The van der Waals surface area contributed by atoms with Crippen molar-refractivity contribution in [1.29, 1.82) is 0 Å². The molecule has 2 aliphatic rings. The number of dihydropyridines is 1. The van der Waals surface area contributed by atoms with E-state index in [-0.39, 0.29) is 18.4 Å². The Bertz CT molecular complexity index is 1110. The van der Waals surface area contributed by atoms with Crippen molar-refractivity contribution in [2.24, 2.45) is 10.9 Å². The summed E-state index contributed by atoms with van der Waals surface area (Å²) in [7, 11) is 1.52. The molecule has 2 aromatic rings. The number of hydrogen-bond donors (Lipinski definition) is 2. The molecule has 33 heavy (non-hydrogen) atoms. The van der Waals surface area contributed by atoms with E-state index in [2.05, 4.69) is 32.3 Å². The molecule has 0 radical (unpaired) electrons. The highest BCUT2D eigenvalue weighted by molar-refractivity contribution is 6.07. The van der Waals surface area contributed by atoms with E-state index >= 15 is 0 Å². The molecule has 4 rings (SSSR count). The number of aromatic amines is 1. The minimum Gasteiger partial charge on any atom is -0.500 e. The molecule has 0 spiro atoms. The van der Waals surface area contributed by atoms with Crippen molar-refractivity contribution < 1.29 is 19.1 Å². The van der Waals surface area contributed by atoms with Crippen LogP contribution >= 0.6 is 0 Å². The van der Waals surface area contributed by atoms with Crippen LogP contribution in [0.4, 0.5) is 5.69 Å². The topological polar surface area (TPSA) is 109 Å². The van der Waals surface area contributed by atoms with Crippen molar-refractivity contribution in [3.63, 3.8) is 0 Å². The molecule has 1 atom stereocenters. The molecule has 0 saturated carbocycles. The third-order valence-corrected chi connectivity index (χ3v) is 6.46. The molecule has 3 heterocycles. The van der Waals surface area contributed by atoms with Gasteiger partial charge >= 0.3 is 0 Å². The normalized spacial score (nSPS) is 19.3. The van der Waals surface area contributed by atoms with Crippen molar-refractivity contribution in [3.8, 4) is 0 Å². The smallest absolute Gasteiger partial charge is 0.258 e. The van der Waals surface area contributed by atoms with E-state index in [4.69, 9.17) is 9.47 Å². The summed E-state index contributed by atoms with van der Waals surface area (Å²) in [5.74, 6) is -0.688. The van der Waals surface area contributed by atoms with Crippen molar-refractivity contribution in [1.82, 2.24) is 15.5 Å². The second-order valence-corrected chi connectivity index (χ2v) is 8.46. The first-order valence-corrected chi connectivity index (χ1v) is 11.4. The van der Waals surface area contributed by atoms with Gasteiger partial charge in [0, 0.05) is 49.0 Å². The fourth-order valence-corrected chi connectivity index (χ4v) is 4.77. The number of aromatic nitrogens is 2. The number of benzene rings is 1. The zero-order chi connectivity index (χ0) is 23.5. The van der Waals surface area contributed by atoms with E-state index < -0.39 is 5.92 Å². The monoisotopic (exact) mass is 453 g/mol. The van der Waals surface area contributed by atoms with Gasteiger partial charge in [-0.25, -0.2) is 4.99 Å². The lowest BCUT2D eigenvalue weighted by atomic mass is 9.97. The number of nitrogens with one attached hydrogen (secondary N) is 2. The highest BCUT2D eigenvalue weighted by Gasteiger charge is 2.29. The van der Waals surface area contributed by atoms with E-state index in [1.165, 1.54) is 7.11 Å². The van der Waals surface area contributed by atoms with Gasteiger partial charge in [0.05, 0.1) is 24.5 Å². The molecular weight excluding hydrogens is 422 g/mol. The predicted octanol–water partition coefficient (Wildman–Crippen LogP) is 2.75. The molecule has 1 aromatic carbocycles. The van der Waals surface area contributed by atoms with Crippen LogP contribution < -0.4 is 10.2 Å². The van der Waals surface area contributed by atoms with Gasteiger partial charge in [0.25, 0.3) is 11.8 Å². The van der Waals surface area contributed by atoms with Crippen LogP contribution in [0, 0.1) is 12.8 Å². The van der Waals surface area contributed by atoms with Gasteiger partial charge in [0.1, 0.15) is 11.7 Å². The van der Waals surface area contributed by atoms with Gasteiger partial charge in [-0.3, -0.25) is 14.7 Å². The summed E-state index contributed by atoms with van der Waals surface area (Å²) < 4.78 is 10.9. The van der Waals surface area contributed by atoms with Crippen LogP contribution in [0.1, 0.15) is 42.6 Å². The van der Waals surface area contributed by atoms with E-state index in [0.717, 1.165) is 54.8 Å². The Balaban J connectivity index is 1.63. The number of methoxy groups -OCH3 is 1. The molecule has 1 unspecified atom stereocenters. The van der Waals surface area contributed by atoms with Crippen LogP contribution in [0.25, 0.3) is 10.9 Å². The number of carbonyl (C=O) groups is 2. The second kappa shape index (κ2) is 9.74. The van der Waals surface area contributed by atoms with Crippen molar-refractivity contribution in [2.45, 2.75) is 39.7 Å². The Morgan fingerprint density at radius 3 is 2.79 bits per heavy atom. The summed E-state index contributed by atoms with van der Waals surface area (Å²) in [5, 5.41) is 11.2. The number of carbonyl (C=O) groups excluding carboxylic acids is 2. The summed E-state index contributed by atoms with van der Waals surface area (Å²) in [6.07, 6.45) is 5.43. The number of H-pyrrole nitrogens is 1. The lowest BCUT2D eigenvalue weighted by Gasteiger charge is -2.37. The second-order valence-electron chi connectivity index (χ2n) is 8.46. The molecule has 2 amide bonds. The fraction of sp³-hybridized carbons (Fsp3) is 0.500. The Morgan fingerprint density at radius 1 is 1.33 bits per heavy atom. The molecule has 1 aromatic heterocycles. The van der Waals surface area contributed by atoms with Crippen LogP contribution in [0.2, 0.25) is 0 Å². The molecule has 0 aliphatic carbocycles. The van der Waals surface area contributed by atoms with Crippen LogP contribution in [-0.4, -0.2) is 67.2 Å². The Morgan fingerprint density at radius 2 is 2.09 bits per heavy atom. The molecule has 1 fully saturated rings. The molecule has 9 nitrogen and oxygen atoms in total. The number of aliphatic imine (C=N–C) groups is 1. The Labute approximate surface area is 193 Å². The first-order valence-electron chi connectivity index (χ1n) is 11.4. The Kier molecular flexibility index (Phi) is 6.78. The van der Waals surface area contributed by atoms with Crippen LogP contribution in [0.15, 0.2) is 29.1 Å². The van der Waals surface area contributed by atoms with Gasteiger partial charge in [-0.2, -0.15) is 5.10 Å². The Hall–Kier alpha value is -3.20. The molecule has 176 valence electrons. The van der Waals surface area contributed by atoms with E-state index in [1.807, 2.05) is 19.2 Å². The first-order chi connectivity index (χ1) is 15.9. The number of fused-ring (bicyclic) bond motifs is 1. The summed E-state index contributed by atoms with van der Waals surface area (Å²) in [6.45, 7) is 8.24. The third kappa shape index (κ3) is 4.50. The summed E-state index contributed by atoms with van der Waals surface area (Å²) in [4.78, 5) is 32.1. The minimum atomic E-state index is -0.632. The highest BCUT2D eigenvalue weighted by Crippen LogP contribution is 2.35. The lowest BCUT2D eigenvalue weighted by molar-refractivity contribution is -0.121. The molecule has 2 aliphatic heterocycles. The standard InChI is InChI=1S/C24H31N5O4/c1-5-29(16-6-8-33-9-7-16)22-15(3)17(11-20-18(22)13-26-28-20)23(30)25-12-19-21(32-4)10-14(2)27-24(19)31/h10-11,13,16,19H,5-9,12H2,1-4H3,(H,25,30)(H,26,28). The van der Waals surface area contributed by atoms with Crippen LogP contribution in [0.3, 0.4) is 0 Å². The maximum atomic E-state index is 13.3. The minimum absolute atomic E-state index is 0.112. The summed E-state index contributed by atoms with van der Waals surface area (Å²) in [5.41, 5.74) is 3.86. The predicted molar refractivity (Wildman–Crippen MR) is 127 cm³/mol. The summed E-state index contributed by atoms with van der Waals surface area (Å²) >= 11 is 0. The van der Waals surface area contributed by atoms with Gasteiger partial charge in [0.15, 0.2) is 0 Å². The van der Waals surface area contributed by atoms with Gasteiger partial charge < -0.3 is 19.7 Å². The number of amides is 2. The van der Waals surface area contributed by atoms with Gasteiger partial charge in [-0.15, -0.1) is 0 Å². The maximum Gasteiger partial charge on any atom is 0.258 e. The average Bonchev–Trinajstić information content (AvgIpc) is 3.28. The highest BCUT2D eigenvalue weighted by atomic mass is 16.5. The molecule has 0 bridgehead atoms. The van der Waals surface area contributed by atoms with Crippen molar-refractivity contribution >= 4 is 34.1 Å². The number of allylic oxidation sites excluding steroid dienone is 1. The fourth-order valence-electron chi connectivity index (χ4n) is 4.77. The zero-order valence-corrected chi connectivity index (χ0v) is 19.6. The van der Waals surface area contributed by atoms with Crippen molar-refractivity contribution in [3.05, 3.63) is 35.2 Å².